The van der Waals surface area contributed by atoms with Gasteiger partial charge in [0.25, 0.3) is 0 Å². The van der Waals surface area contributed by atoms with Gasteiger partial charge in [-0.25, -0.2) is 13.2 Å². The van der Waals surface area contributed by atoms with Crippen molar-refractivity contribution >= 4 is 39.0 Å². The summed E-state index contributed by atoms with van der Waals surface area (Å²) in [4.78, 5) is 12.0. The summed E-state index contributed by atoms with van der Waals surface area (Å²) in [6.07, 6.45) is 3.52. The van der Waals surface area contributed by atoms with E-state index in [1.54, 1.807) is 25.1 Å². The van der Waals surface area contributed by atoms with E-state index in [1.165, 1.54) is 6.07 Å². The number of carbonyl (C=O) groups excluding carboxylic acids is 1. The summed E-state index contributed by atoms with van der Waals surface area (Å²) < 4.78 is 30.5. The van der Waals surface area contributed by atoms with Crippen LogP contribution in [0.3, 0.4) is 0 Å². The van der Waals surface area contributed by atoms with Crippen molar-refractivity contribution in [3.05, 3.63) is 45.5 Å². The normalized spacial score (nSPS) is 18.4. The van der Waals surface area contributed by atoms with Crippen molar-refractivity contribution in [2.75, 3.05) is 6.61 Å². The number of rotatable bonds is 5. The Balaban J connectivity index is 2.26. The Morgan fingerprint density at radius 2 is 2.04 bits per heavy atom. The van der Waals surface area contributed by atoms with Crippen molar-refractivity contribution in [2.45, 2.75) is 37.2 Å². The molecular formula is C16H18Cl2O4S. The van der Waals surface area contributed by atoms with E-state index in [9.17, 15) is 13.2 Å². The molecule has 0 aromatic heterocycles. The molecule has 0 saturated carbocycles. The van der Waals surface area contributed by atoms with Crippen LogP contribution < -0.4 is 0 Å². The van der Waals surface area contributed by atoms with E-state index in [4.69, 9.17) is 27.9 Å². The lowest BCUT2D eigenvalue weighted by atomic mass is 9.99. The summed E-state index contributed by atoms with van der Waals surface area (Å²) in [5.41, 5.74) is 0.798. The molecule has 1 unspecified atom stereocenters. The Hall–Kier alpha value is -1.04. The molecule has 23 heavy (non-hydrogen) atoms. The summed E-state index contributed by atoms with van der Waals surface area (Å²) in [6, 6.07) is 4.73. The number of benzene rings is 1. The van der Waals surface area contributed by atoms with Gasteiger partial charge in [0.1, 0.15) is 0 Å². The Labute approximate surface area is 146 Å². The van der Waals surface area contributed by atoms with Crippen LogP contribution >= 0.6 is 23.2 Å². The fraction of sp³-hybridized carbons (Fsp3) is 0.438. The molecular weight excluding hydrogens is 359 g/mol. The Kier molecular flexibility index (Phi) is 6.12. The smallest absolute Gasteiger partial charge is 0.335 e. The molecule has 4 nitrogen and oxygen atoms in total. The zero-order valence-electron chi connectivity index (χ0n) is 12.7. The van der Waals surface area contributed by atoms with Crippen molar-refractivity contribution in [3.8, 4) is 0 Å². The SMILES string of the molecule is CCOC(=O)C1=CCCCC1S(=O)(=O)Cc1ccc(Cl)c(Cl)c1. The highest BCUT2D eigenvalue weighted by Crippen LogP contribution is 2.30. The van der Waals surface area contributed by atoms with Crippen molar-refractivity contribution in [1.82, 2.24) is 0 Å². The summed E-state index contributed by atoms with van der Waals surface area (Å²) >= 11 is 11.8. The van der Waals surface area contributed by atoms with Crippen LogP contribution in [-0.2, 0) is 25.1 Å². The Morgan fingerprint density at radius 1 is 1.30 bits per heavy atom. The molecule has 1 aromatic rings. The van der Waals surface area contributed by atoms with Crippen molar-refractivity contribution in [2.24, 2.45) is 0 Å². The van der Waals surface area contributed by atoms with Gasteiger partial charge in [-0.15, -0.1) is 0 Å². The third kappa shape index (κ3) is 4.49. The summed E-state index contributed by atoms with van der Waals surface area (Å²) in [5.74, 6) is -0.736. The molecule has 126 valence electrons. The predicted octanol–water partition coefficient (Wildman–Crippen LogP) is 3.95. The molecule has 0 spiro atoms. The van der Waals surface area contributed by atoms with E-state index >= 15 is 0 Å². The van der Waals surface area contributed by atoms with E-state index in [0.29, 0.717) is 28.5 Å². The summed E-state index contributed by atoms with van der Waals surface area (Å²) in [7, 11) is -3.55. The number of carbonyl (C=O) groups is 1. The molecule has 0 fully saturated rings. The maximum atomic E-state index is 12.7. The second kappa shape index (κ2) is 7.69. The largest absolute Gasteiger partial charge is 0.463 e. The highest BCUT2D eigenvalue weighted by Gasteiger charge is 2.35. The Morgan fingerprint density at radius 3 is 2.70 bits per heavy atom. The highest BCUT2D eigenvalue weighted by molar-refractivity contribution is 7.91. The quantitative estimate of drug-likeness (QED) is 0.729. The minimum absolute atomic E-state index is 0.189. The van der Waals surface area contributed by atoms with Gasteiger partial charge in [0.15, 0.2) is 9.84 Å². The molecule has 1 aliphatic rings. The number of esters is 1. The van der Waals surface area contributed by atoms with Crippen LogP contribution in [0, 0.1) is 0 Å². The molecule has 2 rings (SSSR count). The number of hydrogen-bond acceptors (Lipinski definition) is 4. The number of sulfone groups is 1. The van der Waals surface area contributed by atoms with Gasteiger partial charge in [-0.05, 0) is 43.9 Å². The molecule has 7 heteroatoms. The van der Waals surface area contributed by atoms with Gasteiger partial charge in [-0.3, -0.25) is 0 Å². The van der Waals surface area contributed by atoms with Gasteiger partial charge in [0.2, 0.25) is 0 Å². The van der Waals surface area contributed by atoms with Gasteiger partial charge >= 0.3 is 5.97 Å². The van der Waals surface area contributed by atoms with Gasteiger partial charge in [0.05, 0.1) is 33.2 Å². The lowest BCUT2D eigenvalue weighted by Gasteiger charge is -2.23. The minimum Gasteiger partial charge on any atom is -0.463 e. The van der Waals surface area contributed by atoms with Crippen LogP contribution in [0.4, 0.5) is 0 Å². The highest BCUT2D eigenvalue weighted by atomic mass is 35.5. The van der Waals surface area contributed by atoms with Crippen LogP contribution in [0.1, 0.15) is 31.7 Å². The fourth-order valence-electron chi connectivity index (χ4n) is 2.61. The van der Waals surface area contributed by atoms with Gasteiger partial charge in [-0.1, -0.05) is 35.3 Å². The van der Waals surface area contributed by atoms with Crippen LogP contribution in [0.2, 0.25) is 10.0 Å². The molecule has 0 aliphatic heterocycles. The first-order chi connectivity index (χ1) is 10.8. The van der Waals surface area contributed by atoms with E-state index in [-0.39, 0.29) is 17.9 Å². The molecule has 1 aliphatic carbocycles. The molecule has 0 radical (unpaired) electrons. The zero-order chi connectivity index (χ0) is 17.0. The average molecular weight is 377 g/mol. The van der Waals surface area contributed by atoms with Gasteiger partial charge in [0, 0.05) is 0 Å². The first-order valence-corrected chi connectivity index (χ1v) is 9.85. The van der Waals surface area contributed by atoms with Crippen LogP contribution in [-0.4, -0.2) is 26.2 Å². The molecule has 1 aromatic carbocycles. The second-order valence-corrected chi connectivity index (χ2v) is 8.35. The minimum atomic E-state index is -3.55. The summed E-state index contributed by atoms with van der Waals surface area (Å²) in [6.45, 7) is 1.91. The standard InChI is InChI=1S/C16H18Cl2O4S/c1-2-22-16(19)12-5-3-4-6-15(12)23(20,21)10-11-7-8-13(17)14(18)9-11/h5,7-9,15H,2-4,6,10H2,1H3. The van der Waals surface area contributed by atoms with Crippen LogP contribution in [0.15, 0.2) is 29.8 Å². The van der Waals surface area contributed by atoms with Crippen LogP contribution in [0.5, 0.6) is 0 Å². The zero-order valence-corrected chi connectivity index (χ0v) is 15.0. The first-order valence-electron chi connectivity index (χ1n) is 7.38. The first kappa shape index (κ1) is 18.3. The number of ether oxygens (including phenoxy) is 1. The van der Waals surface area contributed by atoms with Gasteiger partial charge < -0.3 is 4.74 Å². The summed E-state index contributed by atoms with van der Waals surface area (Å²) in [5, 5.41) is -0.147. The third-order valence-corrected chi connectivity index (χ3v) is 6.51. The van der Waals surface area contributed by atoms with Crippen molar-refractivity contribution < 1.29 is 17.9 Å². The van der Waals surface area contributed by atoms with Crippen molar-refractivity contribution in [3.63, 3.8) is 0 Å². The number of halogens is 2. The van der Waals surface area contributed by atoms with Crippen molar-refractivity contribution in [1.29, 1.82) is 0 Å². The molecule has 0 heterocycles. The van der Waals surface area contributed by atoms with Crippen LogP contribution in [0.25, 0.3) is 0 Å². The number of allylic oxidation sites excluding steroid dienone is 1. The fourth-order valence-corrected chi connectivity index (χ4v) is 4.88. The maximum absolute atomic E-state index is 12.7. The van der Waals surface area contributed by atoms with E-state index in [2.05, 4.69) is 0 Å². The lowest BCUT2D eigenvalue weighted by molar-refractivity contribution is -0.138. The maximum Gasteiger partial charge on any atom is 0.335 e. The predicted molar refractivity (Wildman–Crippen MR) is 91.4 cm³/mol. The topological polar surface area (TPSA) is 60.4 Å². The lowest BCUT2D eigenvalue weighted by Crippen LogP contribution is -2.31. The molecule has 0 N–H and O–H groups in total. The average Bonchev–Trinajstić information content (AvgIpc) is 2.51. The molecule has 1 atom stereocenters. The monoisotopic (exact) mass is 376 g/mol. The van der Waals surface area contributed by atoms with E-state index in [1.807, 2.05) is 0 Å². The number of hydrogen-bond donors (Lipinski definition) is 0. The molecule has 0 amide bonds. The Bertz CT molecular complexity index is 726. The second-order valence-electron chi connectivity index (χ2n) is 5.36. The molecule has 0 bridgehead atoms. The third-order valence-electron chi connectivity index (χ3n) is 3.68. The van der Waals surface area contributed by atoms with Gasteiger partial charge in [-0.2, -0.15) is 0 Å². The molecule has 0 saturated heterocycles. The van der Waals surface area contributed by atoms with E-state index < -0.39 is 21.1 Å². The van der Waals surface area contributed by atoms with E-state index in [0.717, 1.165) is 6.42 Å².